The number of methoxy groups -OCH3 is 1. The van der Waals surface area contributed by atoms with Crippen molar-refractivity contribution in [1.29, 1.82) is 0 Å². The summed E-state index contributed by atoms with van der Waals surface area (Å²) in [7, 11) is -2.29. The van der Waals surface area contributed by atoms with Crippen molar-refractivity contribution in [2.45, 2.75) is 33.1 Å². The quantitative estimate of drug-likeness (QED) is 0.357. The van der Waals surface area contributed by atoms with Crippen LogP contribution in [-0.2, 0) is 15.4 Å². The number of ether oxygens (including phenoxy) is 2. The molecule has 3 aromatic rings. The van der Waals surface area contributed by atoms with Gasteiger partial charge in [0.2, 0.25) is 21.9 Å². The van der Waals surface area contributed by atoms with E-state index < -0.39 is 27.2 Å². The highest BCUT2D eigenvalue weighted by atomic mass is 32.2. The van der Waals surface area contributed by atoms with E-state index >= 15 is 4.39 Å². The predicted octanol–water partition coefficient (Wildman–Crippen LogP) is 4.06. The lowest BCUT2D eigenvalue weighted by Gasteiger charge is -2.27. The summed E-state index contributed by atoms with van der Waals surface area (Å²) in [6, 6.07) is 7.46. The zero-order chi connectivity index (χ0) is 29.9. The number of hydrogen-bond donors (Lipinski definition) is 3. The summed E-state index contributed by atoms with van der Waals surface area (Å²) in [6.45, 7) is 10.5. The van der Waals surface area contributed by atoms with Gasteiger partial charge in [0.15, 0.2) is 5.75 Å². The van der Waals surface area contributed by atoms with E-state index in [1.165, 1.54) is 13.2 Å². The number of benzene rings is 2. The van der Waals surface area contributed by atoms with Crippen LogP contribution in [0.3, 0.4) is 0 Å². The van der Waals surface area contributed by atoms with Crippen molar-refractivity contribution in [3.8, 4) is 17.4 Å². The molecule has 0 atom stereocenters. The molecule has 1 amide bonds. The van der Waals surface area contributed by atoms with Crippen LogP contribution in [0.2, 0.25) is 0 Å². The van der Waals surface area contributed by atoms with Crippen molar-refractivity contribution in [2.24, 2.45) is 0 Å². The number of amides is 1. The lowest BCUT2D eigenvalue weighted by atomic mass is 9.86. The number of sulfonamides is 1. The molecule has 0 unspecified atom stereocenters. The molecule has 41 heavy (non-hydrogen) atoms. The summed E-state index contributed by atoms with van der Waals surface area (Å²) >= 11 is 0. The molecule has 0 aliphatic carbocycles. The van der Waals surface area contributed by atoms with Gasteiger partial charge in [-0.2, -0.15) is 4.98 Å². The smallest absolute Gasteiger partial charge is 0.256 e. The normalized spacial score (nSPS) is 14.0. The predicted molar refractivity (Wildman–Crippen MR) is 156 cm³/mol. The lowest BCUT2D eigenvalue weighted by Crippen LogP contribution is -2.44. The summed E-state index contributed by atoms with van der Waals surface area (Å²) in [4.78, 5) is 24.2. The minimum atomic E-state index is -3.65. The van der Waals surface area contributed by atoms with Crippen molar-refractivity contribution in [3.63, 3.8) is 0 Å². The summed E-state index contributed by atoms with van der Waals surface area (Å²) in [5.74, 6) is -0.339. The molecule has 220 valence electrons. The van der Waals surface area contributed by atoms with E-state index in [4.69, 9.17) is 9.47 Å². The van der Waals surface area contributed by atoms with E-state index in [9.17, 15) is 13.2 Å². The van der Waals surface area contributed by atoms with Gasteiger partial charge in [-0.1, -0.05) is 20.8 Å². The van der Waals surface area contributed by atoms with Gasteiger partial charge in [-0.15, -0.1) is 0 Å². The van der Waals surface area contributed by atoms with Crippen LogP contribution >= 0.6 is 0 Å². The fraction of sp³-hybridized carbons (Fsp3) is 0.393. The van der Waals surface area contributed by atoms with Crippen LogP contribution < -0.4 is 29.7 Å². The summed E-state index contributed by atoms with van der Waals surface area (Å²) in [5, 5.41) is 6.02. The van der Waals surface area contributed by atoms with Crippen molar-refractivity contribution in [1.82, 2.24) is 15.3 Å². The zero-order valence-electron chi connectivity index (χ0n) is 24.0. The van der Waals surface area contributed by atoms with Crippen LogP contribution in [-0.4, -0.2) is 63.8 Å². The molecule has 0 saturated carbocycles. The maximum absolute atomic E-state index is 15.0. The molecule has 0 bridgehead atoms. The van der Waals surface area contributed by atoms with E-state index in [1.54, 1.807) is 31.3 Å². The number of hydrogen-bond acceptors (Lipinski definition) is 9. The third kappa shape index (κ3) is 7.41. The average molecular weight is 587 g/mol. The number of carbonyl (C=O) groups is 1. The number of nitrogens with one attached hydrogen (secondary N) is 3. The summed E-state index contributed by atoms with van der Waals surface area (Å²) in [5.41, 5.74) is 0.925. The van der Waals surface area contributed by atoms with Gasteiger partial charge >= 0.3 is 0 Å². The number of piperazine rings is 1. The largest absolute Gasteiger partial charge is 0.492 e. The van der Waals surface area contributed by atoms with Crippen LogP contribution in [0.15, 0.2) is 36.5 Å². The van der Waals surface area contributed by atoms with Crippen molar-refractivity contribution in [3.05, 3.63) is 59.0 Å². The molecular weight excluding hydrogens is 551 g/mol. The first-order chi connectivity index (χ1) is 19.2. The van der Waals surface area contributed by atoms with Crippen molar-refractivity contribution >= 4 is 33.3 Å². The average Bonchev–Trinajstić information content (AvgIpc) is 2.90. The molecule has 3 N–H and O–H groups in total. The van der Waals surface area contributed by atoms with Gasteiger partial charge in [0.25, 0.3) is 5.91 Å². The molecule has 0 radical (unpaired) electrons. The van der Waals surface area contributed by atoms with E-state index in [0.29, 0.717) is 5.95 Å². The van der Waals surface area contributed by atoms with Gasteiger partial charge in [0.1, 0.15) is 11.6 Å². The monoisotopic (exact) mass is 586 g/mol. The SMILES string of the molecule is COc1c(NC(=O)c2cc(F)c(C)c(Oc3ccnc(N4CCNCC4)n3)c2)cc(C(C)(C)C)cc1NS(C)(=O)=O. The van der Waals surface area contributed by atoms with E-state index in [0.717, 1.165) is 44.1 Å². The first-order valence-electron chi connectivity index (χ1n) is 13.0. The molecule has 1 aromatic heterocycles. The number of halogens is 1. The Labute approximate surface area is 239 Å². The Morgan fingerprint density at radius 3 is 2.44 bits per heavy atom. The molecule has 11 nitrogen and oxygen atoms in total. The van der Waals surface area contributed by atoms with Crippen LogP contribution in [0.4, 0.5) is 21.7 Å². The first kappa shape index (κ1) is 30.0. The van der Waals surface area contributed by atoms with Crippen molar-refractivity contribution in [2.75, 3.05) is 54.5 Å². The fourth-order valence-electron chi connectivity index (χ4n) is 4.25. The molecule has 0 spiro atoms. The highest BCUT2D eigenvalue weighted by Gasteiger charge is 2.23. The molecule has 4 rings (SSSR count). The molecular formula is C28H35FN6O5S. The Hall–Kier alpha value is -3.97. The Morgan fingerprint density at radius 1 is 1.12 bits per heavy atom. The second-order valence-corrected chi connectivity index (χ2v) is 12.5. The topological polar surface area (TPSA) is 135 Å². The lowest BCUT2D eigenvalue weighted by molar-refractivity contribution is 0.102. The number of anilines is 3. The molecule has 1 aliphatic heterocycles. The van der Waals surface area contributed by atoms with Gasteiger partial charge in [-0.3, -0.25) is 9.52 Å². The third-order valence-electron chi connectivity index (χ3n) is 6.49. The summed E-state index contributed by atoms with van der Waals surface area (Å²) < 4.78 is 52.9. The Balaban J connectivity index is 1.66. The number of aromatic nitrogens is 2. The van der Waals surface area contributed by atoms with Gasteiger partial charge < -0.3 is 25.0 Å². The maximum Gasteiger partial charge on any atom is 0.256 e. The highest BCUT2D eigenvalue weighted by Crippen LogP contribution is 2.39. The van der Waals surface area contributed by atoms with Gasteiger partial charge in [0, 0.05) is 49.6 Å². The van der Waals surface area contributed by atoms with Crippen molar-refractivity contribution < 1.29 is 27.1 Å². The molecule has 1 aliphatic rings. The standard InChI is InChI=1S/C28H35FN6O5S/c1-17-20(29)13-18(14-23(17)40-24-7-8-31-27(33-24)35-11-9-30-10-12-35)26(36)32-21-15-19(28(2,3)4)16-22(25(21)39-5)34-41(6,37)38/h7-8,13-16,30,34H,9-12H2,1-6H3,(H,32,36). The highest BCUT2D eigenvalue weighted by molar-refractivity contribution is 7.92. The Morgan fingerprint density at radius 2 is 1.80 bits per heavy atom. The van der Waals surface area contributed by atoms with E-state index in [-0.39, 0.29) is 39.9 Å². The first-order valence-corrected chi connectivity index (χ1v) is 14.9. The van der Waals surface area contributed by atoms with Gasteiger partial charge in [0.05, 0.1) is 24.7 Å². The fourth-order valence-corrected chi connectivity index (χ4v) is 4.81. The minimum absolute atomic E-state index is 0.0136. The molecule has 13 heteroatoms. The Bertz CT molecular complexity index is 1550. The molecule has 1 fully saturated rings. The second-order valence-electron chi connectivity index (χ2n) is 10.8. The minimum Gasteiger partial charge on any atom is -0.492 e. The molecule has 2 heterocycles. The van der Waals surface area contributed by atoms with Gasteiger partial charge in [-0.05, 0) is 42.2 Å². The van der Waals surface area contributed by atoms with Crippen LogP contribution in [0.5, 0.6) is 17.4 Å². The van der Waals surface area contributed by atoms with E-state index in [2.05, 4.69) is 25.3 Å². The number of carbonyl (C=O) groups excluding carboxylic acids is 1. The van der Waals surface area contributed by atoms with E-state index in [1.807, 2.05) is 25.7 Å². The number of nitrogens with zero attached hydrogens (tertiary/aromatic N) is 3. The molecule has 1 saturated heterocycles. The Kier molecular flexibility index (Phi) is 8.69. The maximum atomic E-state index is 15.0. The summed E-state index contributed by atoms with van der Waals surface area (Å²) in [6.07, 6.45) is 2.59. The zero-order valence-corrected chi connectivity index (χ0v) is 24.8. The molecule has 2 aromatic carbocycles. The van der Waals surface area contributed by atoms with Crippen LogP contribution in [0.1, 0.15) is 42.3 Å². The van der Waals surface area contributed by atoms with Gasteiger partial charge in [-0.25, -0.2) is 17.8 Å². The second kappa shape index (κ2) is 11.9. The third-order valence-corrected chi connectivity index (χ3v) is 7.08. The number of rotatable bonds is 8. The van der Waals surface area contributed by atoms with Crippen LogP contribution in [0, 0.1) is 12.7 Å². The van der Waals surface area contributed by atoms with Crippen LogP contribution in [0.25, 0.3) is 0 Å².